The van der Waals surface area contributed by atoms with Crippen LogP contribution in [0.5, 0.6) is 5.75 Å². The van der Waals surface area contributed by atoms with Crippen LogP contribution in [0, 0.1) is 0 Å². The smallest absolute Gasteiger partial charge is 0.273 e. The van der Waals surface area contributed by atoms with Gasteiger partial charge in [-0.3, -0.25) is 14.5 Å². The zero-order valence-electron chi connectivity index (χ0n) is 19.5. The predicted octanol–water partition coefficient (Wildman–Crippen LogP) is 3.79. The van der Waals surface area contributed by atoms with E-state index in [9.17, 15) is 9.59 Å². The molecule has 0 aliphatic carbocycles. The quantitative estimate of drug-likeness (QED) is 0.294. The van der Waals surface area contributed by atoms with E-state index in [1.54, 1.807) is 49.6 Å². The lowest BCUT2D eigenvalue weighted by molar-refractivity contribution is 0.0956. The summed E-state index contributed by atoms with van der Waals surface area (Å²) >= 11 is 6.11. The molecule has 0 saturated heterocycles. The summed E-state index contributed by atoms with van der Waals surface area (Å²) in [5, 5.41) is 16.2. The number of hydrazone groups is 1. The Bertz CT molecular complexity index is 1220. The molecule has 0 heterocycles. The molecule has 0 atom stereocenters. The van der Waals surface area contributed by atoms with Gasteiger partial charge in [0.15, 0.2) is 0 Å². The molecule has 0 bridgehead atoms. The molecule has 0 aliphatic heterocycles. The second-order valence-electron chi connectivity index (χ2n) is 7.78. The van der Waals surface area contributed by atoms with Gasteiger partial charge in [0, 0.05) is 23.7 Å². The van der Waals surface area contributed by atoms with Crippen molar-refractivity contribution in [3.8, 4) is 5.75 Å². The molecule has 2 amide bonds. The van der Waals surface area contributed by atoms with Crippen LogP contribution in [0.1, 0.15) is 31.8 Å². The topological polar surface area (TPSA) is 103 Å². The average Bonchev–Trinajstić information content (AvgIpc) is 2.85. The fourth-order valence-electron chi connectivity index (χ4n) is 3.33. The number of benzene rings is 3. The molecule has 0 fully saturated rings. The molecule has 3 aromatic rings. The van der Waals surface area contributed by atoms with Crippen molar-refractivity contribution < 1.29 is 19.4 Å². The monoisotopic (exact) mass is 494 g/mol. The molecule has 35 heavy (non-hydrogen) atoms. The molecule has 0 saturated carbocycles. The zero-order valence-corrected chi connectivity index (χ0v) is 20.2. The maximum Gasteiger partial charge on any atom is 0.273 e. The van der Waals surface area contributed by atoms with E-state index in [0.717, 1.165) is 11.1 Å². The number of carbonyl (C=O) groups is 2. The molecular weight excluding hydrogens is 468 g/mol. The minimum absolute atomic E-state index is 0.0572. The maximum absolute atomic E-state index is 12.9. The molecule has 0 unspecified atom stereocenters. The summed E-state index contributed by atoms with van der Waals surface area (Å²) < 4.78 is 5.17. The highest BCUT2D eigenvalue weighted by molar-refractivity contribution is 6.31. The first-order valence-corrected chi connectivity index (χ1v) is 11.2. The van der Waals surface area contributed by atoms with Gasteiger partial charge in [-0.2, -0.15) is 5.10 Å². The van der Waals surface area contributed by atoms with Crippen LogP contribution in [0.4, 0.5) is 5.69 Å². The first-order chi connectivity index (χ1) is 16.9. The van der Waals surface area contributed by atoms with E-state index in [-0.39, 0.29) is 18.1 Å². The lowest BCUT2D eigenvalue weighted by Crippen LogP contribution is -2.22. The summed E-state index contributed by atoms with van der Waals surface area (Å²) in [7, 11) is 3.46. The van der Waals surface area contributed by atoms with E-state index in [1.807, 2.05) is 30.1 Å². The number of methoxy groups -OCH3 is 1. The third-order valence-electron chi connectivity index (χ3n) is 5.07. The van der Waals surface area contributed by atoms with Gasteiger partial charge in [0.1, 0.15) is 5.75 Å². The van der Waals surface area contributed by atoms with Crippen LogP contribution >= 0.6 is 11.6 Å². The minimum Gasteiger partial charge on any atom is -0.497 e. The Labute approximate surface area is 209 Å². The summed E-state index contributed by atoms with van der Waals surface area (Å²) in [4.78, 5) is 27.7. The Morgan fingerprint density at radius 3 is 2.66 bits per heavy atom. The molecule has 3 N–H and O–H groups in total. The summed E-state index contributed by atoms with van der Waals surface area (Å²) in [6.45, 7) is 1.17. The van der Waals surface area contributed by atoms with Crippen LogP contribution < -0.4 is 15.5 Å². The molecule has 0 aliphatic rings. The van der Waals surface area contributed by atoms with Crippen molar-refractivity contribution in [1.82, 2.24) is 10.3 Å². The fourth-order valence-corrected chi connectivity index (χ4v) is 3.50. The van der Waals surface area contributed by atoms with Gasteiger partial charge in [0.25, 0.3) is 11.8 Å². The first-order valence-electron chi connectivity index (χ1n) is 10.9. The number of aliphatic hydroxyl groups is 1. The van der Waals surface area contributed by atoms with E-state index in [1.165, 1.54) is 12.3 Å². The Hall–Kier alpha value is -3.72. The molecule has 8 nitrogen and oxygen atoms in total. The number of ether oxygens (including phenoxy) is 1. The SMILES string of the molecule is COc1cccc(/C=N/NC(=O)c2cc(Cl)ccc2NC(=O)c2cccc(CN(C)CCO)c2)c1. The summed E-state index contributed by atoms with van der Waals surface area (Å²) in [6, 6.07) is 19.0. The van der Waals surface area contributed by atoms with Crippen molar-refractivity contribution in [2.75, 3.05) is 32.6 Å². The largest absolute Gasteiger partial charge is 0.497 e. The predicted molar refractivity (Wildman–Crippen MR) is 137 cm³/mol. The van der Waals surface area contributed by atoms with E-state index >= 15 is 0 Å². The molecule has 0 spiro atoms. The van der Waals surface area contributed by atoms with Gasteiger partial charge in [-0.05, 0) is 60.6 Å². The van der Waals surface area contributed by atoms with Crippen LogP contribution in [0.15, 0.2) is 71.8 Å². The van der Waals surface area contributed by atoms with Crippen LogP contribution in [-0.4, -0.2) is 55.3 Å². The fraction of sp³-hybridized carbons (Fsp3) is 0.192. The number of hydrogen-bond acceptors (Lipinski definition) is 6. The lowest BCUT2D eigenvalue weighted by Gasteiger charge is -2.16. The minimum atomic E-state index is -0.527. The maximum atomic E-state index is 12.9. The van der Waals surface area contributed by atoms with Gasteiger partial charge in [-0.1, -0.05) is 35.9 Å². The third-order valence-corrected chi connectivity index (χ3v) is 5.31. The normalized spacial score (nSPS) is 11.0. The lowest BCUT2D eigenvalue weighted by atomic mass is 10.1. The Morgan fingerprint density at radius 1 is 1.09 bits per heavy atom. The number of likely N-dealkylation sites (N-methyl/N-ethyl adjacent to an activating group) is 1. The molecule has 182 valence electrons. The van der Waals surface area contributed by atoms with Gasteiger partial charge >= 0.3 is 0 Å². The van der Waals surface area contributed by atoms with Crippen molar-refractivity contribution in [3.63, 3.8) is 0 Å². The summed E-state index contributed by atoms with van der Waals surface area (Å²) in [6.07, 6.45) is 1.49. The number of nitrogens with zero attached hydrogens (tertiary/aromatic N) is 2. The zero-order chi connectivity index (χ0) is 25.2. The van der Waals surface area contributed by atoms with E-state index in [0.29, 0.717) is 35.1 Å². The highest BCUT2D eigenvalue weighted by atomic mass is 35.5. The molecule has 0 aromatic heterocycles. The van der Waals surface area contributed by atoms with Crippen LogP contribution in [0.3, 0.4) is 0 Å². The summed E-state index contributed by atoms with van der Waals surface area (Å²) in [5.41, 5.74) is 5.05. The van der Waals surface area contributed by atoms with Gasteiger partial charge in [-0.25, -0.2) is 5.43 Å². The average molecular weight is 495 g/mol. The van der Waals surface area contributed by atoms with Gasteiger partial charge in [0.05, 0.1) is 31.2 Å². The molecule has 3 aromatic carbocycles. The van der Waals surface area contributed by atoms with Crippen molar-refractivity contribution >= 4 is 35.3 Å². The Kier molecular flexibility index (Phi) is 9.37. The van der Waals surface area contributed by atoms with Crippen molar-refractivity contribution in [2.45, 2.75) is 6.54 Å². The van der Waals surface area contributed by atoms with Crippen LogP contribution in [0.25, 0.3) is 0 Å². The van der Waals surface area contributed by atoms with Gasteiger partial charge < -0.3 is 15.2 Å². The standard InChI is InChI=1S/C26H27ClN4O4/c1-31(11-12-32)17-19-6-3-7-20(13-19)25(33)29-24-10-9-21(27)15-23(24)26(34)30-28-16-18-5-4-8-22(14-18)35-2/h3-10,13-16,32H,11-12,17H2,1-2H3,(H,29,33)(H,30,34)/b28-16+. The molecule has 0 radical (unpaired) electrons. The number of hydrogen-bond donors (Lipinski definition) is 3. The summed E-state index contributed by atoms with van der Waals surface area (Å²) in [5.74, 6) is -0.224. The van der Waals surface area contributed by atoms with Crippen LogP contribution in [0.2, 0.25) is 5.02 Å². The number of anilines is 1. The van der Waals surface area contributed by atoms with Crippen molar-refractivity contribution in [2.24, 2.45) is 5.10 Å². The number of amides is 2. The van der Waals surface area contributed by atoms with E-state index < -0.39 is 5.91 Å². The number of aliphatic hydroxyl groups excluding tert-OH is 1. The van der Waals surface area contributed by atoms with Gasteiger partial charge in [-0.15, -0.1) is 0 Å². The second-order valence-corrected chi connectivity index (χ2v) is 8.22. The number of carbonyl (C=O) groups excluding carboxylic acids is 2. The second kappa shape index (κ2) is 12.7. The Balaban J connectivity index is 1.72. The van der Waals surface area contributed by atoms with Crippen molar-refractivity contribution in [3.05, 3.63) is 94.0 Å². The van der Waals surface area contributed by atoms with Crippen LogP contribution in [-0.2, 0) is 6.54 Å². The Morgan fingerprint density at radius 2 is 1.89 bits per heavy atom. The first kappa shape index (κ1) is 25.9. The molecule has 9 heteroatoms. The molecule has 3 rings (SSSR count). The van der Waals surface area contributed by atoms with Crippen molar-refractivity contribution in [1.29, 1.82) is 0 Å². The molecular formula is C26H27ClN4O4. The van der Waals surface area contributed by atoms with Gasteiger partial charge in [0.2, 0.25) is 0 Å². The number of nitrogens with one attached hydrogen (secondary N) is 2. The third kappa shape index (κ3) is 7.65. The number of halogens is 1. The highest BCUT2D eigenvalue weighted by Gasteiger charge is 2.15. The van der Waals surface area contributed by atoms with E-state index in [4.69, 9.17) is 21.4 Å². The highest BCUT2D eigenvalue weighted by Crippen LogP contribution is 2.22. The van der Waals surface area contributed by atoms with E-state index in [2.05, 4.69) is 15.8 Å². The number of rotatable bonds is 10.